The molecular weight excluding hydrogens is 460 g/mol. The Morgan fingerprint density at radius 3 is 2.09 bits per heavy atom. The highest BCUT2D eigenvalue weighted by Crippen LogP contribution is 2.25. The standard InChI is InChI=1S/C28H32N2O4S/c1-21-19-25(35(32,33)30-24-15-9-4-10-16-24)17-18-26(21)34-20-27(31)29-28(22-11-5-2-6-12-22)23-13-7-3-8-14-23/h2-3,5-8,11-14,17-19,24,28,30H,4,9-10,15-16,20H2,1H3,(H,29,31). The molecule has 7 heteroatoms. The molecule has 2 N–H and O–H groups in total. The van der Waals surface area contributed by atoms with Crippen LogP contribution in [0.15, 0.2) is 83.8 Å². The number of amides is 1. The Hall–Kier alpha value is -3.16. The molecule has 1 saturated carbocycles. The summed E-state index contributed by atoms with van der Waals surface area (Å²) in [4.78, 5) is 13.0. The van der Waals surface area contributed by atoms with E-state index in [1.165, 1.54) is 6.07 Å². The molecule has 0 unspecified atom stereocenters. The van der Waals surface area contributed by atoms with Crippen molar-refractivity contribution in [2.45, 2.75) is 56.0 Å². The number of benzene rings is 3. The van der Waals surface area contributed by atoms with Crippen molar-refractivity contribution in [3.05, 3.63) is 95.6 Å². The van der Waals surface area contributed by atoms with Crippen molar-refractivity contribution in [1.82, 2.24) is 10.0 Å². The van der Waals surface area contributed by atoms with Gasteiger partial charge >= 0.3 is 0 Å². The first-order chi connectivity index (χ1) is 16.9. The quantitative estimate of drug-likeness (QED) is 0.445. The van der Waals surface area contributed by atoms with E-state index in [4.69, 9.17) is 4.74 Å². The SMILES string of the molecule is Cc1cc(S(=O)(=O)NC2CCCCC2)ccc1OCC(=O)NC(c1ccccc1)c1ccccc1. The molecule has 184 valence electrons. The highest BCUT2D eigenvalue weighted by Gasteiger charge is 2.23. The zero-order chi connectivity index (χ0) is 24.7. The average molecular weight is 493 g/mol. The fraction of sp³-hybridized carbons (Fsp3) is 0.321. The van der Waals surface area contributed by atoms with Crippen molar-refractivity contribution in [3.63, 3.8) is 0 Å². The third kappa shape index (κ3) is 6.71. The molecule has 3 aromatic rings. The number of rotatable bonds is 9. The highest BCUT2D eigenvalue weighted by atomic mass is 32.2. The van der Waals surface area contributed by atoms with E-state index >= 15 is 0 Å². The Balaban J connectivity index is 1.40. The Kier molecular flexibility index (Phi) is 8.21. The van der Waals surface area contributed by atoms with Gasteiger partial charge in [-0.15, -0.1) is 0 Å². The zero-order valence-electron chi connectivity index (χ0n) is 19.9. The number of carbonyl (C=O) groups is 1. The summed E-state index contributed by atoms with van der Waals surface area (Å²) in [6.45, 7) is 1.60. The van der Waals surface area contributed by atoms with Gasteiger partial charge in [0, 0.05) is 6.04 Å². The predicted molar refractivity (Wildman–Crippen MR) is 137 cm³/mol. The first kappa shape index (κ1) is 24.9. The molecule has 1 aliphatic rings. The molecule has 3 aromatic carbocycles. The maximum atomic E-state index is 12.8. The minimum Gasteiger partial charge on any atom is -0.484 e. The Morgan fingerprint density at radius 2 is 1.51 bits per heavy atom. The topological polar surface area (TPSA) is 84.5 Å². The van der Waals surface area contributed by atoms with Gasteiger partial charge in [-0.05, 0) is 54.7 Å². The molecule has 1 fully saturated rings. The molecule has 1 aliphatic carbocycles. The first-order valence-electron chi connectivity index (χ1n) is 12.1. The summed E-state index contributed by atoms with van der Waals surface area (Å²) in [5, 5.41) is 3.05. The van der Waals surface area contributed by atoms with Gasteiger partial charge in [0.1, 0.15) is 5.75 Å². The lowest BCUT2D eigenvalue weighted by atomic mass is 9.96. The molecule has 0 radical (unpaired) electrons. The largest absolute Gasteiger partial charge is 0.484 e. The Labute approximate surface area is 207 Å². The fourth-order valence-electron chi connectivity index (χ4n) is 4.45. The summed E-state index contributed by atoms with van der Waals surface area (Å²) in [6.07, 6.45) is 5.02. The van der Waals surface area contributed by atoms with Crippen molar-refractivity contribution >= 4 is 15.9 Å². The van der Waals surface area contributed by atoms with E-state index in [0.29, 0.717) is 11.3 Å². The van der Waals surface area contributed by atoms with Crippen LogP contribution in [0.25, 0.3) is 0 Å². The van der Waals surface area contributed by atoms with Gasteiger partial charge in [0.2, 0.25) is 10.0 Å². The average Bonchev–Trinajstić information content (AvgIpc) is 2.88. The minimum absolute atomic E-state index is 0.00384. The lowest BCUT2D eigenvalue weighted by Crippen LogP contribution is -2.36. The number of hydrogen-bond acceptors (Lipinski definition) is 4. The van der Waals surface area contributed by atoms with Gasteiger partial charge in [0.15, 0.2) is 6.61 Å². The summed E-state index contributed by atoms with van der Waals surface area (Å²) in [7, 11) is -3.59. The lowest BCUT2D eigenvalue weighted by Gasteiger charge is -2.23. The second-order valence-electron chi connectivity index (χ2n) is 8.99. The summed E-state index contributed by atoms with van der Waals surface area (Å²) >= 11 is 0. The van der Waals surface area contributed by atoms with Crippen LogP contribution in [0.2, 0.25) is 0 Å². The van der Waals surface area contributed by atoms with Crippen LogP contribution in [-0.4, -0.2) is 27.0 Å². The molecular formula is C28H32N2O4S. The van der Waals surface area contributed by atoms with Crippen LogP contribution >= 0.6 is 0 Å². The smallest absolute Gasteiger partial charge is 0.258 e. The number of ether oxygens (including phenoxy) is 1. The summed E-state index contributed by atoms with van der Waals surface area (Å²) in [5.74, 6) is 0.213. The van der Waals surface area contributed by atoms with Crippen molar-refractivity contribution < 1.29 is 17.9 Å². The highest BCUT2D eigenvalue weighted by molar-refractivity contribution is 7.89. The summed E-state index contributed by atoms with van der Waals surface area (Å²) in [6, 6.07) is 24.0. The molecule has 0 aliphatic heterocycles. The third-order valence-electron chi connectivity index (χ3n) is 6.31. The van der Waals surface area contributed by atoms with E-state index in [2.05, 4.69) is 10.0 Å². The molecule has 0 heterocycles. The monoisotopic (exact) mass is 492 g/mol. The number of aryl methyl sites for hydroxylation is 1. The van der Waals surface area contributed by atoms with Gasteiger partial charge in [0.25, 0.3) is 5.91 Å². The molecule has 35 heavy (non-hydrogen) atoms. The van der Waals surface area contributed by atoms with Crippen molar-refractivity contribution in [3.8, 4) is 5.75 Å². The van der Waals surface area contributed by atoms with E-state index in [0.717, 1.165) is 43.2 Å². The number of sulfonamides is 1. The predicted octanol–water partition coefficient (Wildman–Crippen LogP) is 4.89. The molecule has 0 bridgehead atoms. The van der Waals surface area contributed by atoms with Crippen LogP contribution in [0.4, 0.5) is 0 Å². The number of hydrogen-bond donors (Lipinski definition) is 2. The number of nitrogens with one attached hydrogen (secondary N) is 2. The summed E-state index contributed by atoms with van der Waals surface area (Å²) in [5.41, 5.74) is 2.61. The molecule has 0 aromatic heterocycles. The van der Waals surface area contributed by atoms with E-state index in [1.807, 2.05) is 60.7 Å². The normalized spacial score (nSPS) is 14.6. The van der Waals surface area contributed by atoms with Crippen LogP contribution in [0.3, 0.4) is 0 Å². The van der Waals surface area contributed by atoms with Gasteiger partial charge in [0.05, 0.1) is 10.9 Å². The van der Waals surface area contributed by atoms with Crippen LogP contribution in [-0.2, 0) is 14.8 Å². The van der Waals surface area contributed by atoms with Crippen LogP contribution in [0.5, 0.6) is 5.75 Å². The molecule has 0 saturated heterocycles. The minimum atomic E-state index is -3.59. The molecule has 1 amide bonds. The van der Waals surface area contributed by atoms with Gasteiger partial charge in [-0.2, -0.15) is 0 Å². The van der Waals surface area contributed by atoms with Crippen LogP contribution < -0.4 is 14.8 Å². The van der Waals surface area contributed by atoms with E-state index in [-0.39, 0.29) is 29.5 Å². The molecule has 4 rings (SSSR count). The van der Waals surface area contributed by atoms with Crippen molar-refractivity contribution in [2.75, 3.05) is 6.61 Å². The van der Waals surface area contributed by atoms with E-state index in [1.54, 1.807) is 19.1 Å². The van der Waals surface area contributed by atoms with Gasteiger partial charge < -0.3 is 10.1 Å². The van der Waals surface area contributed by atoms with Gasteiger partial charge in [-0.25, -0.2) is 13.1 Å². The molecule has 6 nitrogen and oxygen atoms in total. The first-order valence-corrected chi connectivity index (χ1v) is 13.6. The van der Waals surface area contributed by atoms with E-state index in [9.17, 15) is 13.2 Å². The maximum absolute atomic E-state index is 12.8. The van der Waals surface area contributed by atoms with Crippen molar-refractivity contribution in [1.29, 1.82) is 0 Å². The molecule has 0 spiro atoms. The fourth-order valence-corrected chi connectivity index (χ4v) is 5.84. The molecule has 0 atom stereocenters. The van der Waals surface area contributed by atoms with Gasteiger partial charge in [-0.3, -0.25) is 4.79 Å². The van der Waals surface area contributed by atoms with Crippen LogP contribution in [0, 0.1) is 6.92 Å². The lowest BCUT2D eigenvalue weighted by molar-refractivity contribution is -0.123. The summed E-state index contributed by atoms with van der Waals surface area (Å²) < 4.78 is 34.2. The van der Waals surface area contributed by atoms with Crippen LogP contribution in [0.1, 0.15) is 54.8 Å². The second kappa shape index (κ2) is 11.5. The second-order valence-corrected chi connectivity index (χ2v) is 10.7. The van der Waals surface area contributed by atoms with E-state index < -0.39 is 10.0 Å². The third-order valence-corrected chi connectivity index (χ3v) is 7.83. The zero-order valence-corrected chi connectivity index (χ0v) is 20.8. The Bertz CT molecular complexity index is 1180. The van der Waals surface area contributed by atoms with Crippen molar-refractivity contribution in [2.24, 2.45) is 0 Å². The Morgan fingerprint density at radius 1 is 0.914 bits per heavy atom. The number of carbonyl (C=O) groups excluding carboxylic acids is 1. The maximum Gasteiger partial charge on any atom is 0.258 e. The van der Waals surface area contributed by atoms with Gasteiger partial charge in [-0.1, -0.05) is 79.9 Å².